The zero-order valence-corrected chi connectivity index (χ0v) is 23.6. The first-order chi connectivity index (χ1) is 19.9. The summed E-state index contributed by atoms with van der Waals surface area (Å²) in [6.07, 6.45) is -15.1. The Bertz CT molecular complexity index is 851. The molecule has 2 aliphatic heterocycles. The van der Waals surface area contributed by atoms with Gasteiger partial charge in [-0.3, -0.25) is 4.79 Å². The van der Waals surface area contributed by atoms with Crippen molar-refractivity contribution in [1.82, 2.24) is 5.32 Å². The van der Waals surface area contributed by atoms with Gasteiger partial charge in [0.2, 0.25) is 5.91 Å². The molecule has 18 nitrogen and oxygen atoms in total. The van der Waals surface area contributed by atoms with Gasteiger partial charge in [0, 0.05) is 19.1 Å². The number of aliphatic hydroxyl groups is 5. The van der Waals surface area contributed by atoms with E-state index >= 15 is 0 Å². The molecule has 3 aliphatic rings. The third kappa shape index (κ3) is 7.91. The SMILES string of the molecule is C[C@H]1O[C@@H](O[C@@H]2[C@@H](OCCN)[C@H](NC(=O)[C@@H](O)CCN)C[C@H](N)[C@H]2O[C@H]2O[C@H](CN)[C@@H](O)[C@H](O)[C@H]2N)[C@H](O)[C@@H](O)[C@@H]1N. The van der Waals surface area contributed by atoms with E-state index in [0.29, 0.717) is 0 Å². The predicted octanol–water partition coefficient (Wildman–Crippen LogP) is -7.45. The fourth-order valence-electron chi connectivity index (χ4n) is 5.42. The third-order valence-electron chi connectivity index (χ3n) is 7.97. The van der Waals surface area contributed by atoms with Crippen LogP contribution in [0.3, 0.4) is 0 Å². The molecule has 2 heterocycles. The highest BCUT2D eigenvalue weighted by Gasteiger charge is 2.53. The van der Waals surface area contributed by atoms with Crippen LogP contribution in [0, 0.1) is 0 Å². The lowest BCUT2D eigenvalue weighted by Gasteiger charge is -2.50. The number of rotatable bonds is 12. The summed E-state index contributed by atoms with van der Waals surface area (Å²) < 4.78 is 29.9. The van der Waals surface area contributed by atoms with Crippen LogP contribution >= 0.6 is 0 Å². The van der Waals surface area contributed by atoms with Crippen molar-refractivity contribution in [3.8, 4) is 0 Å². The van der Waals surface area contributed by atoms with E-state index in [1.807, 2.05) is 0 Å². The maximum Gasteiger partial charge on any atom is 0.249 e. The fraction of sp³-hybridized carbons (Fsp3) is 0.958. The maximum atomic E-state index is 12.8. The molecule has 0 aromatic carbocycles. The van der Waals surface area contributed by atoms with Crippen molar-refractivity contribution in [3.63, 3.8) is 0 Å². The second-order valence-electron chi connectivity index (χ2n) is 11.0. The fourth-order valence-corrected chi connectivity index (χ4v) is 5.42. The van der Waals surface area contributed by atoms with Crippen molar-refractivity contribution in [2.75, 3.05) is 26.2 Å². The number of hydrogen-bond donors (Lipinski definition) is 12. The molecular weight excluding hydrogens is 562 g/mol. The molecular formula is C24H49N7O11. The second-order valence-corrected chi connectivity index (χ2v) is 11.0. The largest absolute Gasteiger partial charge is 0.388 e. The molecule has 0 radical (unpaired) electrons. The highest BCUT2D eigenvalue weighted by atomic mass is 16.7. The molecule has 246 valence electrons. The van der Waals surface area contributed by atoms with Gasteiger partial charge in [0.1, 0.15) is 54.9 Å². The van der Waals surface area contributed by atoms with E-state index in [1.165, 1.54) is 0 Å². The molecule has 0 bridgehead atoms. The van der Waals surface area contributed by atoms with Gasteiger partial charge in [-0.05, 0) is 26.3 Å². The molecule has 2 saturated heterocycles. The topological polar surface area (TPSA) is 333 Å². The number of aliphatic hydroxyl groups excluding tert-OH is 5. The van der Waals surface area contributed by atoms with Gasteiger partial charge >= 0.3 is 0 Å². The van der Waals surface area contributed by atoms with Crippen LogP contribution in [-0.2, 0) is 28.5 Å². The van der Waals surface area contributed by atoms with Gasteiger partial charge in [-0.25, -0.2) is 0 Å². The van der Waals surface area contributed by atoms with Crippen LogP contribution in [0.5, 0.6) is 0 Å². The minimum Gasteiger partial charge on any atom is -0.388 e. The Morgan fingerprint density at radius 2 is 1.52 bits per heavy atom. The van der Waals surface area contributed by atoms with Crippen molar-refractivity contribution < 1.29 is 54.0 Å². The molecule has 0 spiro atoms. The maximum absolute atomic E-state index is 12.8. The molecule has 3 fully saturated rings. The average molecular weight is 612 g/mol. The van der Waals surface area contributed by atoms with Crippen molar-refractivity contribution in [1.29, 1.82) is 0 Å². The Balaban J connectivity index is 1.95. The summed E-state index contributed by atoms with van der Waals surface area (Å²) in [6.45, 7) is 1.60. The third-order valence-corrected chi connectivity index (χ3v) is 7.97. The van der Waals surface area contributed by atoms with E-state index in [4.69, 9.17) is 58.1 Å². The molecule has 1 amide bonds. The van der Waals surface area contributed by atoms with Gasteiger partial charge < -0.3 is 88.9 Å². The van der Waals surface area contributed by atoms with Crippen LogP contribution in [-0.4, -0.2) is 155 Å². The van der Waals surface area contributed by atoms with Crippen molar-refractivity contribution in [2.24, 2.45) is 34.4 Å². The van der Waals surface area contributed by atoms with Gasteiger partial charge in [0.15, 0.2) is 12.6 Å². The lowest BCUT2D eigenvalue weighted by Crippen LogP contribution is -2.70. The summed E-state index contributed by atoms with van der Waals surface area (Å²) in [6, 6.07) is -3.90. The van der Waals surface area contributed by atoms with Gasteiger partial charge in [0.25, 0.3) is 0 Å². The van der Waals surface area contributed by atoms with Gasteiger partial charge in [-0.1, -0.05) is 0 Å². The molecule has 18 N–H and O–H groups in total. The molecule has 16 atom stereocenters. The van der Waals surface area contributed by atoms with Gasteiger partial charge in [-0.15, -0.1) is 0 Å². The first-order valence-electron chi connectivity index (χ1n) is 14.2. The van der Waals surface area contributed by atoms with Crippen LogP contribution < -0.4 is 39.7 Å². The lowest BCUT2D eigenvalue weighted by molar-refractivity contribution is -0.331. The Labute approximate surface area is 243 Å². The Morgan fingerprint density at radius 3 is 2.14 bits per heavy atom. The zero-order chi connectivity index (χ0) is 31.3. The van der Waals surface area contributed by atoms with Crippen LogP contribution in [0.2, 0.25) is 0 Å². The molecule has 3 rings (SSSR count). The van der Waals surface area contributed by atoms with Crippen LogP contribution in [0.4, 0.5) is 0 Å². The monoisotopic (exact) mass is 611 g/mol. The first-order valence-corrected chi connectivity index (χ1v) is 14.2. The second kappa shape index (κ2) is 15.7. The highest BCUT2D eigenvalue weighted by molar-refractivity contribution is 5.80. The van der Waals surface area contributed by atoms with E-state index in [1.54, 1.807) is 6.92 Å². The van der Waals surface area contributed by atoms with Gasteiger partial charge in [-0.2, -0.15) is 0 Å². The minimum atomic E-state index is -1.59. The van der Waals surface area contributed by atoms with Crippen molar-refractivity contribution in [3.05, 3.63) is 0 Å². The molecule has 1 aliphatic carbocycles. The quantitative estimate of drug-likeness (QED) is 0.0974. The Kier molecular flexibility index (Phi) is 13.2. The van der Waals surface area contributed by atoms with Crippen LogP contribution in [0.25, 0.3) is 0 Å². The van der Waals surface area contributed by atoms with Crippen molar-refractivity contribution >= 4 is 5.91 Å². The zero-order valence-electron chi connectivity index (χ0n) is 23.6. The van der Waals surface area contributed by atoms with E-state index < -0.39 is 104 Å². The summed E-state index contributed by atoms with van der Waals surface area (Å²) in [5.41, 5.74) is 35.5. The number of ether oxygens (including phenoxy) is 5. The highest BCUT2D eigenvalue weighted by Crippen LogP contribution is 2.33. The lowest BCUT2D eigenvalue weighted by atomic mass is 9.83. The minimum absolute atomic E-state index is 0.00177. The Hall–Kier alpha value is -1.17. The summed E-state index contributed by atoms with van der Waals surface area (Å²) in [4.78, 5) is 12.8. The molecule has 0 aromatic heterocycles. The number of nitrogens with one attached hydrogen (secondary N) is 1. The summed E-state index contributed by atoms with van der Waals surface area (Å²) in [5.74, 6) is -0.721. The van der Waals surface area contributed by atoms with Crippen LogP contribution in [0.15, 0.2) is 0 Å². The number of nitrogens with two attached hydrogens (primary N) is 6. The molecule has 42 heavy (non-hydrogen) atoms. The standard InChI is InChI=1S/C24H49N7O11/c1-8-13(29)16(34)18(36)24(39-8)42-21-19(41-23-14(30)17(35)15(33)12(7-27)40-23)9(28)6-10(20(21)38-5-4-26)31-22(37)11(32)2-3-25/h8-21,23-24,32-36H,2-7,25-30H2,1H3,(H,31,37)/t8-,9+,10-,11+,12-,13-,14-,15-,16+,17-,18-,19-,20+,21+,23-,24+/m1/s1. The molecule has 1 saturated carbocycles. The number of carbonyl (C=O) groups excluding carboxylic acids is 1. The predicted molar refractivity (Wildman–Crippen MR) is 145 cm³/mol. The van der Waals surface area contributed by atoms with E-state index in [-0.39, 0.29) is 39.1 Å². The normalized spacial score (nSPS) is 45.4. The average Bonchev–Trinajstić information content (AvgIpc) is 2.96. The smallest absolute Gasteiger partial charge is 0.249 e. The molecule has 18 heteroatoms. The number of hydrogen-bond acceptors (Lipinski definition) is 17. The van der Waals surface area contributed by atoms with Crippen molar-refractivity contribution in [2.45, 2.75) is 118 Å². The Morgan fingerprint density at radius 1 is 0.881 bits per heavy atom. The van der Waals surface area contributed by atoms with E-state index in [9.17, 15) is 30.3 Å². The number of carbonyl (C=O) groups is 1. The first kappa shape index (κ1) is 35.3. The summed E-state index contributed by atoms with van der Waals surface area (Å²) in [7, 11) is 0. The van der Waals surface area contributed by atoms with Gasteiger partial charge in [0.05, 0.1) is 30.8 Å². The summed E-state index contributed by atoms with van der Waals surface area (Å²) >= 11 is 0. The summed E-state index contributed by atoms with van der Waals surface area (Å²) in [5, 5.41) is 54.9. The number of amides is 1. The molecule has 0 unspecified atom stereocenters. The molecule has 0 aromatic rings. The van der Waals surface area contributed by atoms with E-state index in [0.717, 1.165) is 0 Å². The van der Waals surface area contributed by atoms with Crippen LogP contribution in [0.1, 0.15) is 19.8 Å². The van der Waals surface area contributed by atoms with E-state index in [2.05, 4.69) is 5.32 Å².